The Morgan fingerprint density at radius 3 is 2.44 bits per heavy atom. The number of methoxy groups -OCH3 is 2. The average Bonchev–Trinajstić information content (AvgIpc) is 3.51. The van der Waals surface area contributed by atoms with Crippen LogP contribution in [0.2, 0.25) is 0 Å². The van der Waals surface area contributed by atoms with Crippen LogP contribution in [0.5, 0.6) is 11.5 Å². The van der Waals surface area contributed by atoms with Crippen LogP contribution < -0.4 is 20.1 Å². The fraction of sp³-hybridized carbons (Fsp3) is 0.318. The van der Waals surface area contributed by atoms with Crippen molar-refractivity contribution in [3.8, 4) is 17.2 Å². The summed E-state index contributed by atoms with van der Waals surface area (Å²) in [6.07, 6.45) is 4.21. The summed E-state index contributed by atoms with van der Waals surface area (Å²) in [6.45, 7) is 0. The van der Waals surface area contributed by atoms with E-state index in [-0.39, 0.29) is 23.7 Å². The van der Waals surface area contributed by atoms with Crippen molar-refractivity contribution in [1.82, 2.24) is 25.5 Å². The van der Waals surface area contributed by atoms with Gasteiger partial charge < -0.3 is 20.1 Å². The van der Waals surface area contributed by atoms with E-state index in [1.807, 2.05) is 0 Å². The molecule has 0 aliphatic heterocycles. The maximum absolute atomic E-state index is 12.7. The van der Waals surface area contributed by atoms with E-state index in [0.29, 0.717) is 28.4 Å². The van der Waals surface area contributed by atoms with Crippen molar-refractivity contribution in [3.63, 3.8) is 0 Å². The average molecular weight is 436 g/mol. The van der Waals surface area contributed by atoms with E-state index in [2.05, 4.69) is 26.0 Å². The molecule has 0 spiro atoms. The Kier molecular flexibility index (Phi) is 6.29. The maximum atomic E-state index is 12.7. The van der Waals surface area contributed by atoms with Gasteiger partial charge in [0.15, 0.2) is 11.5 Å². The lowest BCUT2D eigenvalue weighted by Gasteiger charge is -2.12. The first-order valence-corrected chi connectivity index (χ1v) is 10.3. The third-order valence-corrected chi connectivity index (χ3v) is 5.31. The molecule has 1 aliphatic carbocycles. The molecular weight excluding hydrogens is 412 g/mol. The van der Waals surface area contributed by atoms with E-state index in [1.54, 1.807) is 42.5 Å². The number of nitrogens with zero attached hydrogens (tertiary/aromatic N) is 4. The van der Waals surface area contributed by atoms with Crippen LogP contribution in [0, 0.1) is 0 Å². The highest BCUT2D eigenvalue weighted by atomic mass is 16.5. The van der Waals surface area contributed by atoms with E-state index in [4.69, 9.17) is 9.47 Å². The van der Waals surface area contributed by atoms with Gasteiger partial charge in [-0.15, -0.1) is 15.0 Å². The quantitative estimate of drug-likeness (QED) is 0.584. The standard InChI is InChI=1S/C22H24N6O4/c1-31-18-9-5-8-17(19(18)32-2)21(29)23-15-10-12-16(13-11-15)28-26-20(25-27-28)22(30)24-14-6-3-4-7-14/h5,8-14H,3-4,6-7H2,1-2H3,(H,23,29)(H,24,30). The second-order valence-electron chi connectivity index (χ2n) is 7.40. The molecular formula is C22H24N6O4. The molecule has 32 heavy (non-hydrogen) atoms. The Balaban J connectivity index is 1.43. The number of amides is 2. The van der Waals surface area contributed by atoms with Gasteiger partial charge in [0, 0.05) is 11.7 Å². The van der Waals surface area contributed by atoms with Crippen molar-refractivity contribution < 1.29 is 19.1 Å². The summed E-state index contributed by atoms with van der Waals surface area (Å²) in [5.41, 5.74) is 1.53. The second-order valence-corrected chi connectivity index (χ2v) is 7.40. The van der Waals surface area contributed by atoms with Crippen LogP contribution in [0.15, 0.2) is 42.5 Å². The minimum absolute atomic E-state index is 0.0272. The zero-order valence-corrected chi connectivity index (χ0v) is 17.9. The van der Waals surface area contributed by atoms with Crippen LogP contribution >= 0.6 is 0 Å². The minimum atomic E-state index is -0.335. The normalized spacial score (nSPS) is 13.6. The third kappa shape index (κ3) is 4.53. The summed E-state index contributed by atoms with van der Waals surface area (Å²) in [6, 6.07) is 12.1. The number of rotatable bonds is 7. The zero-order valence-electron chi connectivity index (χ0n) is 17.9. The lowest BCUT2D eigenvalue weighted by atomic mass is 10.1. The number of carbonyl (C=O) groups is 2. The summed E-state index contributed by atoms with van der Waals surface area (Å²) in [4.78, 5) is 26.3. The van der Waals surface area contributed by atoms with Crippen molar-refractivity contribution in [2.45, 2.75) is 31.7 Å². The van der Waals surface area contributed by atoms with E-state index >= 15 is 0 Å². The summed E-state index contributed by atoms with van der Waals surface area (Å²) < 4.78 is 10.6. The molecule has 4 rings (SSSR count). The first kappa shape index (κ1) is 21.3. The van der Waals surface area contributed by atoms with E-state index < -0.39 is 0 Å². The molecule has 10 heteroatoms. The van der Waals surface area contributed by atoms with E-state index in [1.165, 1.54) is 19.0 Å². The van der Waals surface area contributed by atoms with E-state index in [0.717, 1.165) is 25.7 Å². The molecule has 2 aromatic carbocycles. The Morgan fingerprint density at radius 1 is 1.00 bits per heavy atom. The van der Waals surface area contributed by atoms with Crippen molar-refractivity contribution in [3.05, 3.63) is 53.9 Å². The molecule has 0 atom stereocenters. The van der Waals surface area contributed by atoms with Crippen LogP contribution in [0.1, 0.15) is 46.7 Å². The molecule has 1 aliphatic rings. The number of hydrogen-bond donors (Lipinski definition) is 2. The smallest absolute Gasteiger partial charge is 0.293 e. The van der Waals surface area contributed by atoms with Gasteiger partial charge in [-0.25, -0.2) is 0 Å². The van der Waals surface area contributed by atoms with Gasteiger partial charge in [-0.3, -0.25) is 9.59 Å². The van der Waals surface area contributed by atoms with Crippen molar-refractivity contribution >= 4 is 17.5 Å². The molecule has 0 saturated heterocycles. The highest BCUT2D eigenvalue weighted by Gasteiger charge is 2.21. The van der Waals surface area contributed by atoms with Gasteiger partial charge in [-0.2, -0.15) is 0 Å². The number of para-hydroxylation sites is 1. The molecule has 0 unspecified atom stereocenters. The van der Waals surface area contributed by atoms with E-state index in [9.17, 15) is 9.59 Å². The zero-order chi connectivity index (χ0) is 22.5. The third-order valence-electron chi connectivity index (χ3n) is 5.31. The number of anilines is 1. The van der Waals surface area contributed by atoms with Crippen molar-refractivity contribution in [2.75, 3.05) is 19.5 Å². The molecule has 1 heterocycles. The van der Waals surface area contributed by atoms with Gasteiger partial charge in [0.25, 0.3) is 17.6 Å². The molecule has 3 aromatic rings. The van der Waals surface area contributed by atoms with Crippen LogP contribution in [0.3, 0.4) is 0 Å². The summed E-state index contributed by atoms with van der Waals surface area (Å²) in [5.74, 6) is 0.205. The van der Waals surface area contributed by atoms with Gasteiger partial charge in [-0.1, -0.05) is 18.9 Å². The van der Waals surface area contributed by atoms with Crippen LogP contribution in [-0.2, 0) is 0 Å². The van der Waals surface area contributed by atoms with Gasteiger partial charge in [0.1, 0.15) is 0 Å². The Hall–Kier alpha value is -3.95. The number of benzene rings is 2. The lowest BCUT2D eigenvalue weighted by Crippen LogP contribution is -2.33. The van der Waals surface area contributed by atoms with Crippen LogP contribution in [-0.4, -0.2) is 52.3 Å². The number of hydrogen-bond acceptors (Lipinski definition) is 7. The maximum Gasteiger partial charge on any atom is 0.293 e. The predicted octanol–water partition coefficient (Wildman–Crippen LogP) is 2.60. The Labute approximate surface area is 184 Å². The first-order valence-electron chi connectivity index (χ1n) is 10.3. The van der Waals surface area contributed by atoms with Crippen molar-refractivity contribution in [1.29, 1.82) is 0 Å². The molecule has 2 N–H and O–H groups in total. The molecule has 1 saturated carbocycles. The van der Waals surface area contributed by atoms with Gasteiger partial charge in [0.2, 0.25) is 0 Å². The first-order chi connectivity index (χ1) is 15.6. The number of tetrazole rings is 1. The molecule has 10 nitrogen and oxygen atoms in total. The monoisotopic (exact) mass is 436 g/mol. The van der Waals surface area contributed by atoms with Gasteiger partial charge in [0.05, 0.1) is 25.5 Å². The predicted molar refractivity (Wildman–Crippen MR) is 116 cm³/mol. The van der Waals surface area contributed by atoms with Gasteiger partial charge in [-0.05, 0) is 54.5 Å². The van der Waals surface area contributed by atoms with Crippen LogP contribution in [0.25, 0.3) is 5.69 Å². The van der Waals surface area contributed by atoms with Gasteiger partial charge >= 0.3 is 0 Å². The summed E-state index contributed by atoms with van der Waals surface area (Å²) >= 11 is 0. The number of aromatic nitrogens is 4. The Morgan fingerprint density at radius 2 is 1.75 bits per heavy atom. The minimum Gasteiger partial charge on any atom is -0.493 e. The van der Waals surface area contributed by atoms with Crippen LogP contribution in [0.4, 0.5) is 5.69 Å². The molecule has 1 aromatic heterocycles. The summed E-state index contributed by atoms with van der Waals surface area (Å²) in [7, 11) is 3.00. The topological polar surface area (TPSA) is 120 Å². The summed E-state index contributed by atoms with van der Waals surface area (Å²) in [5, 5.41) is 17.7. The Bertz CT molecular complexity index is 1110. The molecule has 2 amide bonds. The fourth-order valence-electron chi connectivity index (χ4n) is 3.68. The second kappa shape index (κ2) is 9.46. The molecule has 166 valence electrons. The number of ether oxygens (including phenoxy) is 2. The highest BCUT2D eigenvalue weighted by Crippen LogP contribution is 2.31. The van der Waals surface area contributed by atoms with Crippen molar-refractivity contribution in [2.24, 2.45) is 0 Å². The largest absolute Gasteiger partial charge is 0.493 e. The lowest BCUT2D eigenvalue weighted by molar-refractivity contribution is 0.0926. The SMILES string of the molecule is COc1cccc(C(=O)Nc2ccc(-n3nnc(C(=O)NC4CCCC4)n3)cc2)c1OC. The molecule has 0 bridgehead atoms. The highest BCUT2D eigenvalue weighted by molar-refractivity contribution is 6.06. The number of carbonyl (C=O) groups excluding carboxylic acids is 2. The number of nitrogens with one attached hydrogen (secondary N) is 2. The molecule has 1 fully saturated rings. The molecule has 0 radical (unpaired) electrons. The fourth-order valence-corrected chi connectivity index (χ4v) is 3.68.